The van der Waals surface area contributed by atoms with Gasteiger partial charge in [0.05, 0.1) is 13.2 Å². The van der Waals surface area contributed by atoms with Crippen LogP contribution in [0.3, 0.4) is 0 Å². The Labute approximate surface area is 125 Å². The zero-order valence-corrected chi connectivity index (χ0v) is 12.7. The van der Waals surface area contributed by atoms with Crippen LogP contribution < -0.4 is 16.0 Å². The molecule has 0 aliphatic carbocycles. The van der Waals surface area contributed by atoms with Crippen molar-refractivity contribution in [1.82, 2.24) is 5.43 Å². The normalized spacial score (nSPS) is 12.2. The largest absolute Gasteiger partial charge is 0.496 e. The summed E-state index contributed by atoms with van der Waals surface area (Å²) in [4.78, 5) is 0. The second-order valence-corrected chi connectivity index (χ2v) is 5.33. The Hall–Kier alpha value is -1.07. The first-order chi connectivity index (χ1) is 9.17. The summed E-state index contributed by atoms with van der Waals surface area (Å²) in [5, 5.41) is 0.642. The predicted molar refractivity (Wildman–Crippen MR) is 81.3 cm³/mol. The number of rotatable bonds is 4. The Kier molecular flexibility index (Phi) is 4.82. The lowest BCUT2D eigenvalue weighted by atomic mass is 9.98. The molecule has 0 heterocycles. The van der Waals surface area contributed by atoms with Gasteiger partial charge in [-0.3, -0.25) is 5.84 Å². The Bertz CT molecular complexity index is 577. The third-order valence-corrected chi connectivity index (χ3v) is 3.71. The van der Waals surface area contributed by atoms with Gasteiger partial charge >= 0.3 is 0 Å². The fourth-order valence-electron chi connectivity index (χ4n) is 1.99. The number of hydrogen-bond acceptors (Lipinski definition) is 3. The average molecular weight is 342 g/mol. The summed E-state index contributed by atoms with van der Waals surface area (Å²) in [5.74, 6) is 6.46. The topological polar surface area (TPSA) is 47.3 Å². The molecule has 2 rings (SSSR count). The van der Waals surface area contributed by atoms with Gasteiger partial charge in [0.15, 0.2) is 0 Å². The first-order valence-electron chi connectivity index (χ1n) is 5.71. The first kappa shape index (κ1) is 14.3. The molecule has 0 saturated carbocycles. The van der Waals surface area contributed by atoms with Crippen molar-refractivity contribution in [2.45, 2.75) is 6.04 Å². The number of ether oxygens (including phenoxy) is 1. The fourth-order valence-corrected chi connectivity index (χ4v) is 2.77. The molecule has 0 spiro atoms. The highest BCUT2D eigenvalue weighted by atomic mass is 79.9. The zero-order chi connectivity index (χ0) is 13.8. The maximum Gasteiger partial charge on any atom is 0.124 e. The molecule has 2 aromatic rings. The van der Waals surface area contributed by atoms with E-state index in [2.05, 4.69) is 21.4 Å². The molecule has 19 heavy (non-hydrogen) atoms. The van der Waals surface area contributed by atoms with Gasteiger partial charge in [0.1, 0.15) is 5.75 Å². The Balaban J connectivity index is 2.50. The lowest BCUT2D eigenvalue weighted by molar-refractivity contribution is 0.404. The van der Waals surface area contributed by atoms with Crippen LogP contribution in [0.1, 0.15) is 17.2 Å². The van der Waals surface area contributed by atoms with Crippen LogP contribution in [0.5, 0.6) is 5.75 Å². The van der Waals surface area contributed by atoms with Crippen LogP contribution in [0.4, 0.5) is 0 Å². The van der Waals surface area contributed by atoms with Crippen LogP contribution in [-0.4, -0.2) is 7.11 Å². The quantitative estimate of drug-likeness (QED) is 0.659. The monoisotopic (exact) mass is 340 g/mol. The molecule has 1 atom stereocenters. The molecule has 0 fully saturated rings. The van der Waals surface area contributed by atoms with Gasteiger partial charge in [-0.25, -0.2) is 5.43 Å². The third kappa shape index (κ3) is 3.09. The van der Waals surface area contributed by atoms with Crippen LogP contribution in [0.25, 0.3) is 0 Å². The van der Waals surface area contributed by atoms with Gasteiger partial charge in [-0.05, 0) is 23.8 Å². The number of para-hydroxylation sites is 1. The number of benzene rings is 2. The van der Waals surface area contributed by atoms with E-state index in [1.165, 1.54) is 0 Å². The molecule has 0 bridgehead atoms. The van der Waals surface area contributed by atoms with E-state index in [0.29, 0.717) is 5.02 Å². The van der Waals surface area contributed by atoms with Gasteiger partial charge in [-0.1, -0.05) is 51.8 Å². The summed E-state index contributed by atoms with van der Waals surface area (Å²) < 4.78 is 6.29. The molecule has 0 aliphatic rings. The van der Waals surface area contributed by atoms with Crippen LogP contribution >= 0.6 is 27.5 Å². The van der Waals surface area contributed by atoms with E-state index in [9.17, 15) is 0 Å². The van der Waals surface area contributed by atoms with Crippen molar-refractivity contribution in [3.63, 3.8) is 0 Å². The van der Waals surface area contributed by atoms with Gasteiger partial charge in [0.2, 0.25) is 0 Å². The summed E-state index contributed by atoms with van der Waals surface area (Å²) in [6.45, 7) is 0. The fraction of sp³-hybridized carbons (Fsp3) is 0.143. The number of halogens is 2. The third-order valence-electron chi connectivity index (χ3n) is 2.89. The highest BCUT2D eigenvalue weighted by Crippen LogP contribution is 2.34. The number of hydrogen-bond donors (Lipinski definition) is 2. The first-order valence-corrected chi connectivity index (χ1v) is 6.88. The van der Waals surface area contributed by atoms with Crippen molar-refractivity contribution in [3.8, 4) is 5.75 Å². The highest BCUT2D eigenvalue weighted by Gasteiger charge is 2.19. The SMILES string of the molecule is COc1ccccc1C(NN)c1ccc(Br)cc1Cl. The molecule has 3 nitrogen and oxygen atoms in total. The van der Waals surface area contributed by atoms with Crippen molar-refractivity contribution < 1.29 is 4.74 Å². The van der Waals surface area contributed by atoms with Gasteiger partial charge in [-0.15, -0.1) is 0 Å². The number of methoxy groups -OCH3 is 1. The molecule has 3 N–H and O–H groups in total. The van der Waals surface area contributed by atoms with E-state index < -0.39 is 0 Å². The molecule has 0 radical (unpaired) electrons. The highest BCUT2D eigenvalue weighted by molar-refractivity contribution is 9.10. The number of nitrogens with one attached hydrogen (secondary N) is 1. The number of hydrazine groups is 1. The van der Waals surface area contributed by atoms with Crippen LogP contribution in [0.2, 0.25) is 5.02 Å². The van der Waals surface area contributed by atoms with E-state index >= 15 is 0 Å². The predicted octanol–water partition coefficient (Wildman–Crippen LogP) is 3.66. The second-order valence-electron chi connectivity index (χ2n) is 4.01. The molecule has 100 valence electrons. The van der Waals surface area contributed by atoms with Crippen molar-refractivity contribution in [2.24, 2.45) is 5.84 Å². The minimum absolute atomic E-state index is 0.225. The van der Waals surface area contributed by atoms with E-state index in [-0.39, 0.29) is 6.04 Å². The minimum atomic E-state index is -0.225. The maximum atomic E-state index is 6.28. The lowest BCUT2D eigenvalue weighted by Crippen LogP contribution is -2.29. The van der Waals surface area contributed by atoms with Gasteiger partial charge in [-0.2, -0.15) is 0 Å². The summed E-state index contributed by atoms with van der Waals surface area (Å²) in [6, 6.07) is 13.2. The Morgan fingerprint density at radius 1 is 1.21 bits per heavy atom. The van der Waals surface area contributed by atoms with Crippen LogP contribution in [-0.2, 0) is 0 Å². The van der Waals surface area contributed by atoms with Crippen molar-refractivity contribution in [3.05, 3.63) is 63.1 Å². The summed E-state index contributed by atoms with van der Waals surface area (Å²) in [6.07, 6.45) is 0. The average Bonchev–Trinajstić information content (AvgIpc) is 2.42. The van der Waals surface area contributed by atoms with Gasteiger partial charge < -0.3 is 4.74 Å². The van der Waals surface area contributed by atoms with Crippen LogP contribution in [0, 0.1) is 0 Å². The van der Waals surface area contributed by atoms with E-state index in [1.54, 1.807) is 7.11 Å². The van der Waals surface area contributed by atoms with Crippen molar-refractivity contribution >= 4 is 27.5 Å². The molecule has 1 unspecified atom stereocenters. The second kappa shape index (κ2) is 6.39. The minimum Gasteiger partial charge on any atom is -0.496 e. The van der Waals surface area contributed by atoms with E-state index in [0.717, 1.165) is 21.3 Å². The summed E-state index contributed by atoms with van der Waals surface area (Å²) >= 11 is 9.67. The van der Waals surface area contributed by atoms with Crippen molar-refractivity contribution in [1.29, 1.82) is 0 Å². The van der Waals surface area contributed by atoms with E-state index in [1.807, 2.05) is 42.5 Å². The van der Waals surface area contributed by atoms with E-state index in [4.69, 9.17) is 22.2 Å². The van der Waals surface area contributed by atoms with Gasteiger partial charge in [0, 0.05) is 15.1 Å². The maximum absolute atomic E-state index is 6.28. The Morgan fingerprint density at radius 2 is 1.95 bits per heavy atom. The molecule has 0 saturated heterocycles. The Morgan fingerprint density at radius 3 is 2.58 bits per heavy atom. The van der Waals surface area contributed by atoms with Crippen molar-refractivity contribution in [2.75, 3.05) is 7.11 Å². The zero-order valence-electron chi connectivity index (χ0n) is 10.4. The standard InChI is InChI=1S/C14H14BrClN2O/c1-19-13-5-3-2-4-11(13)14(18-17)10-7-6-9(15)8-12(10)16/h2-8,14,18H,17H2,1H3. The summed E-state index contributed by atoms with van der Waals surface area (Å²) in [5.41, 5.74) is 4.63. The number of nitrogens with two attached hydrogens (primary N) is 1. The lowest BCUT2D eigenvalue weighted by Gasteiger charge is -2.20. The molecule has 5 heteroatoms. The summed E-state index contributed by atoms with van der Waals surface area (Å²) in [7, 11) is 1.63. The molecule has 2 aromatic carbocycles. The molecule has 0 aromatic heterocycles. The molecule has 0 aliphatic heterocycles. The smallest absolute Gasteiger partial charge is 0.124 e. The molecular formula is C14H14BrClN2O. The molecular weight excluding hydrogens is 328 g/mol. The van der Waals surface area contributed by atoms with Gasteiger partial charge in [0.25, 0.3) is 0 Å². The molecule has 0 amide bonds. The van der Waals surface area contributed by atoms with Crippen LogP contribution in [0.15, 0.2) is 46.9 Å².